The quantitative estimate of drug-likeness (QED) is 0.137. The average Bonchev–Trinajstić information content (AvgIpc) is 2.91. The van der Waals surface area contributed by atoms with Gasteiger partial charge in [-0.05, 0) is 92.0 Å². The highest BCUT2D eigenvalue weighted by Gasteiger charge is 2.23. The highest BCUT2D eigenvalue weighted by Crippen LogP contribution is 2.39. The van der Waals surface area contributed by atoms with Crippen LogP contribution in [0.3, 0.4) is 0 Å². The first kappa shape index (κ1) is 29.5. The van der Waals surface area contributed by atoms with Gasteiger partial charge in [-0.25, -0.2) is 0 Å². The van der Waals surface area contributed by atoms with Gasteiger partial charge in [-0.15, -0.1) is 0 Å². The normalized spacial score (nSPS) is 18.5. The number of unbranched alkanes of at least 4 members (excludes halogenated alkanes) is 5. The summed E-state index contributed by atoms with van der Waals surface area (Å²) in [6, 6.07) is 15.2. The summed E-state index contributed by atoms with van der Waals surface area (Å²) < 4.78 is 5.88. The molecule has 0 amide bonds. The van der Waals surface area contributed by atoms with Gasteiger partial charge >= 0.3 is 5.97 Å². The molecule has 0 N–H and O–H groups in total. The van der Waals surface area contributed by atoms with E-state index in [1.807, 2.05) is 25.1 Å². The molecule has 204 valence electrons. The van der Waals surface area contributed by atoms with Crippen molar-refractivity contribution in [2.24, 2.45) is 11.8 Å². The van der Waals surface area contributed by atoms with Crippen LogP contribution < -0.4 is 4.74 Å². The number of para-hydroxylation sites is 1. The number of carbonyl (C=O) groups is 1. The summed E-state index contributed by atoms with van der Waals surface area (Å²) in [5.41, 5.74) is 5.51. The Bertz CT molecular complexity index is 938. The first-order valence-electron chi connectivity index (χ1n) is 15.4. The first-order chi connectivity index (χ1) is 18.0. The molecule has 0 spiro atoms. The van der Waals surface area contributed by atoms with Crippen molar-refractivity contribution in [1.29, 1.82) is 0 Å². The van der Waals surface area contributed by atoms with Gasteiger partial charge in [0.25, 0.3) is 0 Å². The van der Waals surface area contributed by atoms with E-state index in [2.05, 4.69) is 45.0 Å². The zero-order valence-corrected chi connectivity index (χ0v) is 24.2. The SMILES string of the molecule is CCCCCCC(C)C(=O)Oc1ccccc1CCc1ccc(C2CCC(CCCCC)CC2)c(C)c1. The van der Waals surface area contributed by atoms with Crippen molar-refractivity contribution < 1.29 is 9.53 Å². The zero-order valence-electron chi connectivity index (χ0n) is 24.2. The van der Waals surface area contributed by atoms with Gasteiger partial charge in [0.2, 0.25) is 0 Å². The summed E-state index contributed by atoms with van der Waals surface area (Å²) in [6.45, 7) is 8.81. The summed E-state index contributed by atoms with van der Waals surface area (Å²) in [5.74, 6) is 2.29. The number of ether oxygens (including phenoxy) is 1. The van der Waals surface area contributed by atoms with E-state index in [0.717, 1.165) is 48.8 Å². The fraction of sp³-hybridized carbons (Fsp3) is 0.629. The maximum absolute atomic E-state index is 12.7. The molecule has 1 aliphatic carbocycles. The minimum absolute atomic E-state index is 0.0495. The lowest BCUT2D eigenvalue weighted by atomic mass is 9.76. The summed E-state index contributed by atoms with van der Waals surface area (Å²) in [6.07, 6.45) is 18.6. The number of hydrogen-bond acceptors (Lipinski definition) is 2. The average molecular weight is 505 g/mol. The third-order valence-corrected chi connectivity index (χ3v) is 8.60. The van der Waals surface area contributed by atoms with Gasteiger partial charge in [-0.3, -0.25) is 4.79 Å². The molecule has 0 aliphatic heterocycles. The molecule has 0 saturated heterocycles. The Hall–Kier alpha value is -2.09. The summed E-state index contributed by atoms with van der Waals surface area (Å²) in [4.78, 5) is 12.7. The molecular weight excluding hydrogens is 452 g/mol. The molecule has 0 aromatic heterocycles. The van der Waals surface area contributed by atoms with Crippen LogP contribution in [0.2, 0.25) is 0 Å². The number of aryl methyl sites for hydroxylation is 3. The lowest BCUT2D eigenvalue weighted by molar-refractivity contribution is -0.138. The molecule has 1 atom stereocenters. The van der Waals surface area contributed by atoms with Gasteiger partial charge in [0, 0.05) is 0 Å². The molecule has 1 fully saturated rings. The monoisotopic (exact) mass is 504 g/mol. The Morgan fingerprint density at radius 2 is 1.62 bits per heavy atom. The van der Waals surface area contributed by atoms with Gasteiger partial charge in [-0.2, -0.15) is 0 Å². The van der Waals surface area contributed by atoms with Crippen molar-refractivity contribution in [2.45, 2.75) is 130 Å². The first-order valence-corrected chi connectivity index (χ1v) is 15.4. The molecule has 1 aliphatic rings. The minimum Gasteiger partial charge on any atom is -0.426 e. The van der Waals surface area contributed by atoms with Gasteiger partial charge in [0.15, 0.2) is 0 Å². The number of rotatable bonds is 15. The van der Waals surface area contributed by atoms with E-state index < -0.39 is 0 Å². The van der Waals surface area contributed by atoms with Crippen molar-refractivity contribution in [1.82, 2.24) is 0 Å². The molecule has 1 unspecified atom stereocenters. The molecule has 2 aromatic rings. The van der Waals surface area contributed by atoms with Crippen LogP contribution in [-0.2, 0) is 17.6 Å². The molecular formula is C35H52O2. The molecule has 0 bridgehead atoms. The predicted molar refractivity (Wildman–Crippen MR) is 157 cm³/mol. The molecule has 1 saturated carbocycles. The molecule has 0 heterocycles. The van der Waals surface area contributed by atoms with Gasteiger partial charge in [0.1, 0.15) is 5.75 Å². The van der Waals surface area contributed by atoms with Crippen molar-refractivity contribution in [3.63, 3.8) is 0 Å². The number of carbonyl (C=O) groups excluding carboxylic acids is 1. The molecule has 2 nitrogen and oxygen atoms in total. The smallest absolute Gasteiger partial charge is 0.314 e. The molecule has 37 heavy (non-hydrogen) atoms. The van der Waals surface area contributed by atoms with E-state index in [1.165, 1.54) is 81.8 Å². The second-order valence-corrected chi connectivity index (χ2v) is 11.7. The second kappa shape index (κ2) is 16.0. The highest BCUT2D eigenvalue weighted by atomic mass is 16.5. The summed E-state index contributed by atoms with van der Waals surface area (Å²) in [7, 11) is 0. The van der Waals surface area contributed by atoms with E-state index in [4.69, 9.17) is 4.74 Å². The van der Waals surface area contributed by atoms with Crippen molar-refractivity contribution in [2.75, 3.05) is 0 Å². The second-order valence-electron chi connectivity index (χ2n) is 11.7. The Kier molecular flexibility index (Phi) is 12.7. The van der Waals surface area contributed by atoms with Crippen LogP contribution in [0, 0.1) is 18.8 Å². The van der Waals surface area contributed by atoms with Gasteiger partial charge in [-0.1, -0.05) is 109 Å². The lowest BCUT2D eigenvalue weighted by Gasteiger charge is -2.30. The summed E-state index contributed by atoms with van der Waals surface area (Å²) >= 11 is 0. The molecule has 2 heteroatoms. The van der Waals surface area contributed by atoms with E-state index in [0.29, 0.717) is 0 Å². The van der Waals surface area contributed by atoms with Crippen LogP contribution in [0.25, 0.3) is 0 Å². The van der Waals surface area contributed by atoms with Crippen LogP contribution in [0.1, 0.15) is 132 Å². The van der Waals surface area contributed by atoms with Gasteiger partial charge in [0.05, 0.1) is 5.92 Å². The molecule has 3 rings (SSSR count). The minimum atomic E-state index is -0.0933. The third kappa shape index (κ3) is 9.62. The number of benzene rings is 2. The molecule has 0 radical (unpaired) electrons. The topological polar surface area (TPSA) is 26.3 Å². The van der Waals surface area contributed by atoms with Crippen LogP contribution in [0.5, 0.6) is 5.75 Å². The Morgan fingerprint density at radius 1 is 0.892 bits per heavy atom. The van der Waals surface area contributed by atoms with Crippen LogP contribution >= 0.6 is 0 Å². The van der Waals surface area contributed by atoms with E-state index >= 15 is 0 Å². The predicted octanol–water partition coefficient (Wildman–Crippen LogP) is 10.1. The number of esters is 1. The standard InChI is InChI=1S/C35H52O2/c1-5-7-9-11-14-27(3)35(36)37-34-17-13-12-16-32(34)24-20-30-21-25-33(28(4)26-30)31-22-18-29(19-23-31)15-10-8-6-2/h12-13,16-17,21,25-27,29,31H,5-11,14-15,18-20,22-24H2,1-4H3. The Balaban J connectivity index is 1.51. The van der Waals surface area contributed by atoms with Crippen LogP contribution in [0.4, 0.5) is 0 Å². The molecule has 2 aromatic carbocycles. The van der Waals surface area contributed by atoms with Crippen LogP contribution in [0.15, 0.2) is 42.5 Å². The van der Waals surface area contributed by atoms with Crippen molar-refractivity contribution in [3.8, 4) is 5.75 Å². The van der Waals surface area contributed by atoms with E-state index in [9.17, 15) is 4.79 Å². The lowest BCUT2D eigenvalue weighted by Crippen LogP contribution is -2.18. The maximum Gasteiger partial charge on any atom is 0.314 e. The third-order valence-electron chi connectivity index (χ3n) is 8.60. The van der Waals surface area contributed by atoms with E-state index in [-0.39, 0.29) is 11.9 Å². The van der Waals surface area contributed by atoms with E-state index in [1.54, 1.807) is 5.56 Å². The largest absolute Gasteiger partial charge is 0.426 e. The number of hydrogen-bond donors (Lipinski definition) is 0. The Labute approximate surface area is 227 Å². The van der Waals surface area contributed by atoms with Gasteiger partial charge < -0.3 is 4.74 Å². The highest BCUT2D eigenvalue weighted by molar-refractivity contribution is 5.75. The van der Waals surface area contributed by atoms with Crippen molar-refractivity contribution in [3.05, 3.63) is 64.7 Å². The summed E-state index contributed by atoms with van der Waals surface area (Å²) in [5, 5.41) is 0. The fourth-order valence-electron chi connectivity index (χ4n) is 6.09. The fourth-order valence-corrected chi connectivity index (χ4v) is 6.09. The Morgan fingerprint density at radius 3 is 2.35 bits per heavy atom. The van der Waals surface area contributed by atoms with Crippen LogP contribution in [-0.4, -0.2) is 5.97 Å². The van der Waals surface area contributed by atoms with Crippen molar-refractivity contribution >= 4 is 5.97 Å². The zero-order chi connectivity index (χ0) is 26.5. The maximum atomic E-state index is 12.7.